The van der Waals surface area contributed by atoms with Crippen LogP contribution < -0.4 is 5.32 Å². The summed E-state index contributed by atoms with van der Waals surface area (Å²) in [4.78, 5) is 11.1. The van der Waals surface area contributed by atoms with Crippen LogP contribution in [-0.4, -0.2) is 23.7 Å². The normalized spacial score (nSPS) is 14.3. The minimum absolute atomic E-state index is 0.389. The third kappa shape index (κ3) is 5.88. The highest BCUT2D eigenvalue weighted by atomic mass is 16.4. The van der Waals surface area contributed by atoms with Gasteiger partial charge in [0.05, 0.1) is 0 Å². The Morgan fingerprint density at radius 3 is 2.37 bits per heavy atom. The van der Waals surface area contributed by atoms with Crippen LogP contribution in [-0.2, 0) is 4.79 Å². The Labute approximate surface area is 116 Å². The molecule has 0 amide bonds. The van der Waals surface area contributed by atoms with Crippen LogP contribution in [0.25, 0.3) is 0 Å². The van der Waals surface area contributed by atoms with E-state index in [4.69, 9.17) is 5.11 Å². The van der Waals surface area contributed by atoms with E-state index in [0.29, 0.717) is 18.3 Å². The molecule has 0 aliphatic rings. The first-order valence-electron chi connectivity index (χ1n) is 7.01. The van der Waals surface area contributed by atoms with Crippen molar-refractivity contribution >= 4 is 5.97 Å². The third-order valence-electron chi connectivity index (χ3n) is 3.34. The van der Waals surface area contributed by atoms with Crippen LogP contribution in [0, 0.1) is 5.92 Å². The van der Waals surface area contributed by atoms with Gasteiger partial charge in [0.2, 0.25) is 0 Å². The molecule has 106 valence electrons. The molecule has 0 fully saturated rings. The van der Waals surface area contributed by atoms with E-state index in [9.17, 15) is 4.79 Å². The molecule has 0 saturated carbocycles. The van der Waals surface area contributed by atoms with Crippen LogP contribution in [0.2, 0.25) is 0 Å². The molecule has 1 aromatic rings. The van der Waals surface area contributed by atoms with Crippen LogP contribution in [0.15, 0.2) is 30.3 Å². The van der Waals surface area contributed by atoms with Crippen molar-refractivity contribution in [1.82, 2.24) is 5.32 Å². The van der Waals surface area contributed by atoms with Crippen molar-refractivity contribution in [3.05, 3.63) is 35.9 Å². The molecular weight excluding hydrogens is 238 g/mol. The molecule has 1 aromatic carbocycles. The molecule has 0 aliphatic carbocycles. The quantitative estimate of drug-likeness (QED) is 0.757. The lowest BCUT2D eigenvalue weighted by Crippen LogP contribution is -2.38. The molecule has 0 aliphatic heterocycles. The Kier molecular flexibility index (Phi) is 6.57. The van der Waals surface area contributed by atoms with E-state index in [2.05, 4.69) is 24.4 Å². The largest absolute Gasteiger partial charge is 0.480 e. The SMILES string of the molecule is CC(C)C[C@@H](NCCC(C)c1ccccc1)C(=O)O. The van der Waals surface area contributed by atoms with Crippen LogP contribution in [0.3, 0.4) is 0 Å². The lowest BCUT2D eigenvalue weighted by Gasteiger charge is -2.18. The Bertz CT molecular complexity index is 376. The molecule has 0 spiro atoms. The minimum atomic E-state index is -0.749. The monoisotopic (exact) mass is 263 g/mol. The summed E-state index contributed by atoms with van der Waals surface area (Å²) in [5.41, 5.74) is 1.31. The zero-order chi connectivity index (χ0) is 14.3. The van der Waals surface area contributed by atoms with Gasteiger partial charge in [0, 0.05) is 0 Å². The molecule has 2 atom stereocenters. The van der Waals surface area contributed by atoms with E-state index in [1.54, 1.807) is 0 Å². The lowest BCUT2D eigenvalue weighted by molar-refractivity contribution is -0.139. The maximum absolute atomic E-state index is 11.1. The van der Waals surface area contributed by atoms with Gasteiger partial charge in [-0.1, -0.05) is 51.1 Å². The van der Waals surface area contributed by atoms with Crippen molar-refractivity contribution in [2.24, 2.45) is 5.92 Å². The van der Waals surface area contributed by atoms with Crippen molar-refractivity contribution in [3.8, 4) is 0 Å². The number of carboxylic acid groups (broad SMARTS) is 1. The van der Waals surface area contributed by atoms with E-state index in [0.717, 1.165) is 13.0 Å². The number of rotatable bonds is 8. The van der Waals surface area contributed by atoms with Crippen LogP contribution in [0.1, 0.15) is 45.1 Å². The minimum Gasteiger partial charge on any atom is -0.480 e. The first kappa shape index (κ1) is 15.7. The van der Waals surface area contributed by atoms with Gasteiger partial charge in [-0.2, -0.15) is 0 Å². The van der Waals surface area contributed by atoms with Gasteiger partial charge >= 0.3 is 5.97 Å². The number of nitrogens with one attached hydrogen (secondary N) is 1. The summed E-state index contributed by atoms with van der Waals surface area (Å²) in [5.74, 6) is 0.0865. The molecule has 1 rings (SSSR count). The Hall–Kier alpha value is -1.35. The first-order valence-corrected chi connectivity index (χ1v) is 7.01. The number of hydrogen-bond donors (Lipinski definition) is 2. The Balaban J connectivity index is 2.38. The molecule has 0 saturated heterocycles. The predicted octanol–water partition coefficient (Wildman–Crippen LogP) is 3.27. The van der Waals surface area contributed by atoms with Gasteiger partial charge in [-0.3, -0.25) is 4.79 Å². The molecule has 3 nitrogen and oxygen atoms in total. The highest BCUT2D eigenvalue weighted by Gasteiger charge is 2.18. The van der Waals surface area contributed by atoms with Crippen molar-refractivity contribution < 1.29 is 9.90 Å². The predicted molar refractivity (Wildman–Crippen MR) is 78.4 cm³/mol. The molecule has 19 heavy (non-hydrogen) atoms. The van der Waals surface area contributed by atoms with E-state index in [1.165, 1.54) is 5.56 Å². The number of carbonyl (C=O) groups is 1. The average molecular weight is 263 g/mol. The van der Waals surface area contributed by atoms with Crippen LogP contribution >= 0.6 is 0 Å². The molecular formula is C16H25NO2. The second kappa shape index (κ2) is 7.95. The average Bonchev–Trinajstić information content (AvgIpc) is 2.37. The zero-order valence-electron chi connectivity index (χ0n) is 12.1. The summed E-state index contributed by atoms with van der Waals surface area (Å²) < 4.78 is 0. The molecule has 0 radical (unpaired) electrons. The molecule has 3 heteroatoms. The topological polar surface area (TPSA) is 49.3 Å². The van der Waals surface area contributed by atoms with Crippen LogP contribution in [0.5, 0.6) is 0 Å². The smallest absolute Gasteiger partial charge is 0.320 e. The Morgan fingerprint density at radius 1 is 1.21 bits per heavy atom. The van der Waals surface area contributed by atoms with E-state index in [1.807, 2.05) is 32.0 Å². The number of carboxylic acids is 1. The number of hydrogen-bond acceptors (Lipinski definition) is 2. The molecule has 0 aromatic heterocycles. The third-order valence-corrected chi connectivity index (χ3v) is 3.34. The highest BCUT2D eigenvalue weighted by molar-refractivity contribution is 5.73. The van der Waals surface area contributed by atoms with Crippen molar-refractivity contribution in [2.75, 3.05) is 6.54 Å². The van der Waals surface area contributed by atoms with E-state index in [-0.39, 0.29) is 0 Å². The molecule has 1 unspecified atom stereocenters. The van der Waals surface area contributed by atoms with Crippen LogP contribution in [0.4, 0.5) is 0 Å². The summed E-state index contributed by atoms with van der Waals surface area (Å²) in [6.07, 6.45) is 1.63. The summed E-state index contributed by atoms with van der Waals surface area (Å²) >= 11 is 0. The van der Waals surface area contributed by atoms with Crippen molar-refractivity contribution in [2.45, 2.75) is 45.6 Å². The first-order chi connectivity index (χ1) is 9.00. The summed E-state index contributed by atoms with van der Waals surface area (Å²) in [6, 6.07) is 9.90. The van der Waals surface area contributed by atoms with Gasteiger partial charge < -0.3 is 10.4 Å². The fraction of sp³-hybridized carbons (Fsp3) is 0.562. The summed E-state index contributed by atoms with van der Waals surface area (Å²) in [6.45, 7) is 7.00. The fourth-order valence-electron chi connectivity index (χ4n) is 2.17. The Morgan fingerprint density at radius 2 is 1.84 bits per heavy atom. The van der Waals surface area contributed by atoms with Crippen molar-refractivity contribution in [3.63, 3.8) is 0 Å². The number of aliphatic carboxylic acids is 1. The van der Waals surface area contributed by atoms with E-state index >= 15 is 0 Å². The van der Waals surface area contributed by atoms with E-state index < -0.39 is 12.0 Å². The maximum atomic E-state index is 11.1. The lowest BCUT2D eigenvalue weighted by atomic mass is 9.97. The zero-order valence-corrected chi connectivity index (χ0v) is 12.1. The van der Waals surface area contributed by atoms with Gasteiger partial charge in [0.25, 0.3) is 0 Å². The van der Waals surface area contributed by atoms with Gasteiger partial charge in [-0.15, -0.1) is 0 Å². The summed E-state index contributed by atoms with van der Waals surface area (Å²) in [7, 11) is 0. The summed E-state index contributed by atoms with van der Waals surface area (Å²) in [5, 5.41) is 12.3. The standard InChI is InChI=1S/C16H25NO2/c1-12(2)11-15(16(18)19)17-10-9-13(3)14-7-5-4-6-8-14/h4-8,12-13,15,17H,9-11H2,1-3H3,(H,18,19)/t13?,15-/m1/s1. The molecule has 2 N–H and O–H groups in total. The molecule has 0 bridgehead atoms. The second-order valence-corrected chi connectivity index (χ2v) is 5.57. The number of benzene rings is 1. The van der Waals surface area contributed by atoms with Gasteiger partial charge in [0.1, 0.15) is 6.04 Å². The second-order valence-electron chi connectivity index (χ2n) is 5.57. The van der Waals surface area contributed by atoms with Gasteiger partial charge in [-0.05, 0) is 36.8 Å². The highest BCUT2D eigenvalue weighted by Crippen LogP contribution is 2.17. The fourth-order valence-corrected chi connectivity index (χ4v) is 2.17. The van der Waals surface area contributed by atoms with Crippen molar-refractivity contribution in [1.29, 1.82) is 0 Å². The maximum Gasteiger partial charge on any atom is 0.320 e. The molecule has 0 heterocycles. The van der Waals surface area contributed by atoms with Gasteiger partial charge in [-0.25, -0.2) is 0 Å². The van der Waals surface area contributed by atoms with Gasteiger partial charge in [0.15, 0.2) is 0 Å².